The number of amides is 2. The van der Waals surface area contributed by atoms with Gasteiger partial charge in [0.1, 0.15) is 6.04 Å². The van der Waals surface area contributed by atoms with E-state index in [1.54, 1.807) is 18.4 Å². The van der Waals surface area contributed by atoms with E-state index >= 15 is 0 Å². The molecule has 0 radical (unpaired) electrons. The van der Waals surface area contributed by atoms with Gasteiger partial charge in [-0.3, -0.25) is 0 Å². The van der Waals surface area contributed by atoms with Crippen molar-refractivity contribution < 1.29 is 14.7 Å². The maximum atomic E-state index is 11.8. The molecular formula is C13H18N2O3S. The van der Waals surface area contributed by atoms with Crippen molar-refractivity contribution in [1.82, 2.24) is 10.2 Å². The molecular weight excluding hydrogens is 264 g/mol. The van der Waals surface area contributed by atoms with E-state index in [-0.39, 0.29) is 12.5 Å². The zero-order valence-electron chi connectivity index (χ0n) is 10.8. The zero-order valence-corrected chi connectivity index (χ0v) is 11.7. The standard InChI is InChI=1S/C13H18N2O3S/c1-3-5-11(12(16)17)14-13(18)15(2)8-7-10-6-4-9-19-10/h3-4,6,9,11H,1,5,7-8H2,2H3,(H,14,18)(H,16,17). The summed E-state index contributed by atoms with van der Waals surface area (Å²) in [5.74, 6) is -1.06. The number of carbonyl (C=O) groups excluding carboxylic acids is 1. The third-order valence-corrected chi connectivity index (χ3v) is 3.55. The number of hydrogen-bond acceptors (Lipinski definition) is 3. The van der Waals surface area contributed by atoms with Gasteiger partial charge in [-0.1, -0.05) is 12.1 Å². The van der Waals surface area contributed by atoms with Gasteiger partial charge in [0.2, 0.25) is 0 Å². The van der Waals surface area contributed by atoms with Gasteiger partial charge in [0.25, 0.3) is 0 Å². The molecule has 1 atom stereocenters. The quantitative estimate of drug-likeness (QED) is 0.751. The first-order valence-corrected chi connectivity index (χ1v) is 6.80. The van der Waals surface area contributed by atoms with Crippen LogP contribution in [0, 0.1) is 0 Å². The number of thiophene rings is 1. The zero-order chi connectivity index (χ0) is 14.3. The predicted molar refractivity (Wildman–Crippen MR) is 75.4 cm³/mol. The minimum atomic E-state index is -1.06. The number of nitrogens with zero attached hydrogens (tertiary/aromatic N) is 1. The van der Waals surface area contributed by atoms with Crippen molar-refractivity contribution in [2.45, 2.75) is 18.9 Å². The van der Waals surface area contributed by atoms with E-state index in [9.17, 15) is 9.59 Å². The highest BCUT2D eigenvalue weighted by atomic mass is 32.1. The second-order valence-corrected chi connectivity index (χ2v) is 5.15. The van der Waals surface area contributed by atoms with Gasteiger partial charge in [-0.05, 0) is 24.3 Å². The third-order valence-electron chi connectivity index (χ3n) is 2.62. The number of nitrogens with one attached hydrogen (secondary N) is 1. The van der Waals surface area contributed by atoms with Gasteiger partial charge in [-0.25, -0.2) is 9.59 Å². The van der Waals surface area contributed by atoms with Gasteiger partial charge < -0.3 is 15.3 Å². The van der Waals surface area contributed by atoms with Crippen LogP contribution in [0.5, 0.6) is 0 Å². The van der Waals surface area contributed by atoms with Crippen molar-refractivity contribution in [3.63, 3.8) is 0 Å². The molecule has 0 spiro atoms. The van der Waals surface area contributed by atoms with Crippen LogP contribution in [0.25, 0.3) is 0 Å². The summed E-state index contributed by atoms with van der Waals surface area (Å²) >= 11 is 1.64. The van der Waals surface area contributed by atoms with Crippen LogP contribution in [-0.2, 0) is 11.2 Å². The van der Waals surface area contributed by atoms with Crippen LogP contribution in [0.4, 0.5) is 4.79 Å². The van der Waals surface area contributed by atoms with E-state index in [1.807, 2.05) is 17.5 Å². The van der Waals surface area contributed by atoms with Crippen molar-refractivity contribution in [3.05, 3.63) is 35.0 Å². The average Bonchev–Trinajstić information content (AvgIpc) is 2.88. The van der Waals surface area contributed by atoms with Crippen LogP contribution in [0.15, 0.2) is 30.2 Å². The van der Waals surface area contributed by atoms with Gasteiger partial charge in [-0.15, -0.1) is 17.9 Å². The molecule has 0 aliphatic carbocycles. The molecule has 0 aliphatic rings. The minimum Gasteiger partial charge on any atom is -0.480 e. The lowest BCUT2D eigenvalue weighted by Crippen LogP contribution is -2.46. The fourth-order valence-corrected chi connectivity index (χ4v) is 2.18. The van der Waals surface area contributed by atoms with Crippen LogP contribution in [-0.4, -0.2) is 41.6 Å². The van der Waals surface area contributed by atoms with Crippen molar-refractivity contribution >= 4 is 23.3 Å². The largest absolute Gasteiger partial charge is 0.480 e. The van der Waals surface area contributed by atoms with E-state index in [4.69, 9.17) is 5.11 Å². The molecule has 19 heavy (non-hydrogen) atoms. The van der Waals surface area contributed by atoms with E-state index < -0.39 is 12.0 Å². The van der Waals surface area contributed by atoms with Gasteiger partial charge in [0, 0.05) is 18.5 Å². The van der Waals surface area contributed by atoms with Crippen LogP contribution in [0.2, 0.25) is 0 Å². The maximum Gasteiger partial charge on any atom is 0.326 e. The Kier molecular flexibility index (Phi) is 6.08. The Bertz CT molecular complexity index is 431. The second kappa shape index (κ2) is 7.58. The third kappa shape index (κ3) is 5.13. The first kappa shape index (κ1) is 15.2. The number of urea groups is 1. The summed E-state index contributed by atoms with van der Waals surface area (Å²) in [5, 5.41) is 13.4. The molecule has 104 valence electrons. The highest BCUT2D eigenvalue weighted by Crippen LogP contribution is 2.09. The molecule has 2 amide bonds. The van der Waals surface area contributed by atoms with Crippen LogP contribution in [0.1, 0.15) is 11.3 Å². The smallest absolute Gasteiger partial charge is 0.326 e. The number of aliphatic carboxylic acids is 1. The summed E-state index contributed by atoms with van der Waals surface area (Å²) in [6.45, 7) is 4.03. The van der Waals surface area contributed by atoms with Crippen molar-refractivity contribution in [3.8, 4) is 0 Å². The first-order valence-electron chi connectivity index (χ1n) is 5.92. The number of rotatable bonds is 7. The van der Waals surface area contributed by atoms with Crippen molar-refractivity contribution in [2.24, 2.45) is 0 Å². The molecule has 1 aromatic rings. The molecule has 0 bridgehead atoms. The normalized spacial score (nSPS) is 11.6. The van der Waals surface area contributed by atoms with E-state index in [0.29, 0.717) is 6.54 Å². The number of hydrogen-bond donors (Lipinski definition) is 2. The van der Waals surface area contributed by atoms with Gasteiger partial charge >= 0.3 is 12.0 Å². The Morgan fingerprint density at radius 3 is 2.89 bits per heavy atom. The minimum absolute atomic E-state index is 0.208. The Hall–Kier alpha value is -1.82. The molecule has 2 N–H and O–H groups in total. The molecule has 1 heterocycles. The Balaban J connectivity index is 2.42. The second-order valence-electron chi connectivity index (χ2n) is 4.12. The highest BCUT2D eigenvalue weighted by Gasteiger charge is 2.20. The predicted octanol–water partition coefficient (Wildman–Crippen LogP) is 1.96. The van der Waals surface area contributed by atoms with E-state index in [1.165, 1.54) is 15.9 Å². The molecule has 0 saturated heterocycles. The molecule has 6 heteroatoms. The molecule has 1 aromatic heterocycles. The van der Waals surface area contributed by atoms with E-state index in [0.717, 1.165) is 6.42 Å². The number of carboxylic acid groups (broad SMARTS) is 1. The Labute approximate surface area is 116 Å². The lowest BCUT2D eigenvalue weighted by molar-refractivity contribution is -0.139. The molecule has 1 unspecified atom stereocenters. The Morgan fingerprint density at radius 1 is 1.63 bits per heavy atom. The molecule has 1 rings (SSSR count). The summed E-state index contributed by atoms with van der Waals surface area (Å²) in [4.78, 5) is 25.4. The molecule has 0 saturated carbocycles. The summed E-state index contributed by atoms with van der Waals surface area (Å²) in [7, 11) is 1.65. The molecule has 0 aliphatic heterocycles. The topological polar surface area (TPSA) is 69.6 Å². The number of likely N-dealkylation sites (N-methyl/N-ethyl adjacent to an activating group) is 1. The summed E-state index contributed by atoms with van der Waals surface area (Å²) in [5.41, 5.74) is 0. The monoisotopic (exact) mass is 282 g/mol. The van der Waals surface area contributed by atoms with Crippen molar-refractivity contribution in [1.29, 1.82) is 0 Å². The lowest BCUT2D eigenvalue weighted by atomic mass is 10.2. The molecule has 0 aromatic carbocycles. The SMILES string of the molecule is C=CCC(NC(=O)N(C)CCc1cccs1)C(=O)O. The Morgan fingerprint density at radius 2 is 2.37 bits per heavy atom. The fraction of sp³-hybridized carbons (Fsp3) is 0.385. The summed E-state index contributed by atoms with van der Waals surface area (Å²) in [6.07, 6.45) is 2.45. The van der Waals surface area contributed by atoms with Crippen LogP contribution < -0.4 is 5.32 Å². The fourth-order valence-electron chi connectivity index (χ4n) is 1.48. The number of carboxylic acids is 1. The van der Waals surface area contributed by atoms with Gasteiger partial charge in [0.05, 0.1) is 0 Å². The molecule has 5 nitrogen and oxygen atoms in total. The van der Waals surface area contributed by atoms with E-state index in [2.05, 4.69) is 11.9 Å². The lowest BCUT2D eigenvalue weighted by Gasteiger charge is -2.20. The summed E-state index contributed by atoms with van der Waals surface area (Å²) < 4.78 is 0. The highest BCUT2D eigenvalue weighted by molar-refractivity contribution is 7.09. The maximum absolute atomic E-state index is 11.8. The van der Waals surface area contributed by atoms with Crippen LogP contribution >= 0.6 is 11.3 Å². The van der Waals surface area contributed by atoms with Gasteiger partial charge in [0.15, 0.2) is 0 Å². The molecule has 0 fully saturated rings. The summed E-state index contributed by atoms with van der Waals surface area (Å²) in [6, 6.07) is 2.67. The van der Waals surface area contributed by atoms with Gasteiger partial charge in [-0.2, -0.15) is 0 Å². The average molecular weight is 282 g/mol. The number of carbonyl (C=O) groups is 2. The first-order chi connectivity index (χ1) is 9.04. The van der Waals surface area contributed by atoms with Crippen molar-refractivity contribution in [2.75, 3.05) is 13.6 Å². The van der Waals surface area contributed by atoms with Crippen LogP contribution in [0.3, 0.4) is 0 Å².